The minimum absolute atomic E-state index is 0.0108. The van der Waals surface area contributed by atoms with Crippen molar-refractivity contribution in [3.05, 3.63) is 48.6 Å². The van der Waals surface area contributed by atoms with Crippen molar-refractivity contribution < 1.29 is 37.6 Å². The molecule has 0 aliphatic rings. The van der Waals surface area contributed by atoms with Crippen LogP contribution in [0.25, 0.3) is 0 Å². The third kappa shape index (κ3) is 33.2. The molecule has 0 aliphatic carbocycles. The lowest BCUT2D eigenvalue weighted by Crippen LogP contribution is -2.37. The van der Waals surface area contributed by atoms with Gasteiger partial charge in [-0.1, -0.05) is 107 Å². The van der Waals surface area contributed by atoms with Crippen LogP contribution in [0, 0.1) is 0 Å². The third-order valence-electron chi connectivity index (χ3n) is 6.59. The summed E-state index contributed by atoms with van der Waals surface area (Å²) in [4.78, 5) is 23.6. The second-order valence-corrected chi connectivity index (χ2v) is 13.4. The van der Waals surface area contributed by atoms with E-state index in [0.29, 0.717) is 17.4 Å². The number of phosphoric acid groups is 1. The number of aliphatic hydroxyl groups excluding tert-OH is 1. The number of hydrogen-bond donors (Lipinski definition) is 1. The second-order valence-electron chi connectivity index (χ2n) is 12.0. The van der Waals surface area contributed by atoms with Gasteiger partial charge in [0.2, 0.25) is 0 Å². The molecular formula is C34H62NO7P. The first-order valence-corrected chi connectivity index (χ1v) is 17.9. The Balaban J connectivity index is 3.52. The first-order chi connectivity index (χ1) is 20.6. The Morgan fingerprint density at radius 3 is 1.77 bits per heavy atom. The van der Waals surface area contributed by atoms with Crippen molar-refractivity contribution in [3.8, 4) is 0 Å². The monoisotopic (exact) mass is 627 g/mol. The zero-order valence-electron chi connectivity index (χ0n) is 27.6. The Hall–Kier alpha value is -1.54. The number of aliphatic hydroxyl groups is 1. The van der Waals surface area contributed by atoms with Crippen molar-refractivity contribution in [1.29, 1.82) is 0 Å². The van der Waals surface area contributed by atoms with E-state index < -0.39 is 26.5 Å². The number of nitrogens with zero attached hydrogens (tertiary/aromatic N) is 1. The summed E-state index contributed by atoms with van der Waals surface area (Å²) in [6.07, 6.45) is 33.9. The Kier molecular flexibility index (Phi) is 27.0. The average Bonchev–Trinajstić information content (AvgIpc) is 2.94. The molecule has 0 saturated carbocycles. The van der Waals surface area contributed by atoms with E-state index in [9.17, 15) is 19.4 Å². The summed E-state index contributed by atoms with van der Waals surface area (Å²) in [5.74, 6) is -0.395. The van der Waals surface area contributed by atoms with Gasteiger partial charge < -0.3 is 28.3 Å². The molecule has 0 radical (unpaired) electrons. The average molecular weight is 628 g/mol. The Labute approximate surface area is 263 Å². The summed E-state index contributed by atoms with van der Waals surface area (Å²) >= 11 is 0. The maximum Gasteiger partial charge on any atom is 0.305 e. The molecule has 0 aromatic rings. The standard InChI is InChI=1S/C34H62NO7P/c1-5-6-7-8-9-10-11-12-13-14-15-16-17-18-19-20-21-22-23-24-25-26-27-28-34(37)40-31-33(36)32-42-43(38,39)41-30-29-35(2,3)4/h6-7,9-10,12-13,15-16,33,36H,5,8,11,14,17-32H2,1-4H3/b7-6-,10-9-,13-12-,16-15-. The van der Waals surface area contributed by atoms with Crippen LogP contribution in [0.15, 0.2) is 48.6 Å². The van der Waals surface area contributed by atoms with Crippen molar-refractivity contribution in [2.75, 3.05) is 47.5 Å². The number of hydrogen-bond acceptors (Lipinski definition) is 7. The summed E-state index contributed by atoms with van der Waals surface area (Å²) < 4.78 is 26.8. The highest BCUT2D eigenvalue weighted by molar-refractivity contribution is 7.45. The highest BCUT2D eigenvalue weighted by Gasteiger charge is 2.16. The van der Waals surface area contributed by atoms with Crippen molar-refractivity contribution >= 4 is 13.8 Å². The fraction of sp³-hybridized carbons (Fsp3) is 0.735. The normalized spacial score (nSPS) is 14.8. The molecule has 8 nitrogen and oxygen atoms in total. The molecule has 2 atom stereocenters. The van der Waals surface area contributed by atoms with E-state index in [1.165, 1.54) is 51.4 Å². The first-order valence-electron chi connectivity index (χ1n) is 16.4. The molecular weight excluding hydrogens is 565 g/mol. The number of phosphoric ester groups is 1. The van der Waals surface area contributed by atoms with Crippen LogP contribution in [0.3, 0.4) is 0 Å². The lowest BCUT2D eigenvalue weighted by molar-refractivity contribution is -0.870. The highest BCUT2D eigenvalue weighted by atomic mass is 31.2. The number of esters is 1. The van der Waals surface area contributed by atoms with Gasteiger partial charge in [0.05, 0.1) is 27.7 Å². The van der Waals surface area contributed by atoms with Crippen LogP contribution in [0.4, 0.5) is 0 Å². The molecule has 0 spiro atoms. The predicted molar refractivity (Wildman–Crippen MR) is 175 cm³/mol. The molecule has 9 heteroatoms. The van der Waals surface area contributed by atoms with Crippen molar-refractivity contribution in [2.45, 2.75) is 116 Å². The van der Waals surface area contributed by atoms with Crippen LogP contribution in [-0.4, -0.2) is 69.2 Å². The van der Waals surface area contributed by atoms with Gasteiger partial charge in [-0.15, -0.1) is 0 Å². The smallest absolute Gasteiger partial charge is 0.305 e. The summed E-state index contributed by atoms with van der Waals surface area (Å²) in [6, 6.07) is 0. The highest BCUT2D eigenvalue weighted by Crippen LogP contribution is 2.38. The number of carbonyl (C=O) groups excluding carboxylic acids is 1. The van der Waals surface area contributed by atoms with E-state index in [1.807, 2.05) is 21.1 Å². The number of unbranched alkanes of at least 4 members (excludes halogenated alkanes) is 10. The lowest BCUT2D eigenvalue weighted by Gasteiger charge is -2.27. The Morgan fingerprint density at radius 1 is 0.744 bits per heavy atom. The number of allylic oxidation sites excluding steroid dienone is 8. The van der Waals surface area contributed by atoms with Gasteiger partial charge in [-0.2, -0.15) is 0 Å². The van der Waals surface area contributed by atoms with Crippen molar-refractivity contribution in [1.82, 2.24) is 0 Å². The molecule has 0 aromatic carbocycles. The number of likely N-dealkylation sites (N-methyl/N-ethyl adjacent to an activating group) is 1. The Bertz CT molecular complexity index is 833. The first kappa shape index (κ1) is 41.5. The predicted octanol–water partition coefficient (Wildman–Crippen LogP) is 7.58. The van der Waals surface area contributed by atoms with E-state index in [2.05, 4.69) is 60.1 Å². The molecule has 0 rings (SSSR count). The van der Waals surface area contributed by atoms with Crippen LogP contribution in [0.1, 0.15) is 110 Å². The van der Waals surface area contributed by atoms with Gasteiger partial charge >= 0.3 is 5.97 Å². The quantitative estimate of drug-likeness (QED) is 0.0300. The molecule has 0 bridgehead atoms. The van der Waals surface area contributed by atoms with Crippen molar-refractivity contribution in [3.63, 3.8) is 0 Å². The van der Waals surface area contributed by atoms with Gasteiger partial charge in [-0.05, 0) is 44.9 Å². The van der Waals surface area contributed by atoms with E-state index in [4.69, 9.17) is 9.26 Å². The summed E-state index contributed by atoms with van der Waals surface area (Å²) in [5.41, 5.74) is 0. The number of carbonyl (C=O) groups is 1. The van der Waals surface area contributed by atoms with Gasteiger partial charge in [0, 0.05) is 6.42 Å². The fourth-order valence-corrected chi connectivity index (χ4v) is 4.73. The molecule has 2 unspecified atom stereocenters. The zero-order chi connectivity index (χ0) is 32.1. The SMILES string of the molecule is CC/C=C\C/C=C\C/C=C\C/C=C\CCCCCCCCCCCCC(=O)OCC(O)COP(=O)([O-])OCC[N+](C)(C)C. The van der Waals surface area contributed by atoms with Gasteiger partial charge in [-0.3, -0.25) is 9.36 Å². The van der Waals surface area contributed by atoms with Crippen LogP contribution in [0.2, 0.25) is 0 Å². The van der Waals surface area contributed by atoms with Crippen LogP contribution in [-0.2, 0) is 23.1 Å². The van der Waals surface area contributed by atoms with E-state index in [1.54, 1.807) is 0 Å². The molecule has 0 amide bonds. The summed E-state index contributed by atoms with van der Waals surface area (Å²) in [5, 5.41) is 9.84. The Morgan fingerprint density at radius 2 is 1.23 bits per heavy atom. The molecule has 0 aliphatic heterocycles. The van der Waals surface area contributed by atoms with E-state index in [0.717, 1.165) is 44.9 Å². The molecule has 0 heterocycles. The minimum atomic E-state index is -4.50. The lowest BCUT2D eigenvalue weighted by atomic mass is 10.1. The van der Waals surface area contributed by atoms with E-state index >= 15 is 0 Å². The summed E-state index contributed by atoms with van der Waals surface area (Å²) in [7, 11) is 1.24. The van der Waals surface area contributed by atoms with Gasteiger partial charge in [-0.25, -0.2) is 0 Å². The van der Waals surface area contributed by atoms with Crippen LogP contribution in [0.5, 0.6) is 0 Å². The van der Waals surface area contributed by atoms with Crippen molar-refractivity contribution in [2.24, 2.45) is 0 Å². The summed E-state index contributed by atoms with van der Waals surface area (Å²) in [6.45, 7) is 1.82. The largest absolute Gasteiger partial charge is 0.756 e. The van der Waals surface area contributed by atoms with Crippen LogP contribution < -0.4 is 4.89 Å². The topological polar surface area (TPSA) is 105 Å². The second kappa shape index (κ2) is 28.0. The van der Waals surface area contributed by atoms with Crippen LogP contribution >= 0.6 is 7.82 Å². The maximum absolute atomic E-state index is 11.9. The molecule has 250 valence electrons. The molecule has 1 N–H and O–H groups in total. The third-order valence-corrected chi connectivity index (χ3v) is 7.56. The fourth-order valence-electron chi connectivity index (χ4n) is 3.99. The molecule has 43 heavy (non-hydrogen) atoms. The number of quaternary nitrogens is 1. The van der Waals surface area contributed by atoms with Gasteiger partial charge in [0.15, 0.2) is 0 Å². The molecule has 0 aromatic heterocycles. The number of rotatable bonds is 29. The van der Waals surface area contributed by atoms with E-state index in [-0.39, 0.29) is 13.2 Å². The maximum atomic E-state index is 11.9. The van der Waals surface area contributed by atoms with Gasteiger partial charge in [0.1, 0.15) is 25.9 Å². The minimum Gasteiger partial charge on any atom is -0.756 e. The molecule has 0 fully saturated rings. The zero-order valence-corrected chi connectivity index (χ0v) is 28.5. The molecule has 0 saturated heterocycles. The number of ether oxygens (including phenoxy) is 1. The van der Waals surface area contributed by atoms with Gasteiger partial charge in [0.25, 0.3) is 7.82 Å².